The molecule has 0 saturated carbocycles. The van der Waals surface area contributed by atoms with Gasteiger partial charge in [0.15, 0.2) is 5.78 Å². The molecule has 0 fully saturated rings. The number of rotatable bonds is 4. The van der Waals surface area contributed by atoms with Gasteiger partial charge in [-0.2, -0.15) is 13.2 Å². The van der Waals surface area contributed by atoms with Gasteiger partial charge in [-0.1, -0.05) is 23.7 Å². The Morgan fingerprint density at radius 2 is 1.68 bits per heavy atom. The molecule has 1 N–H and O–H groups in total. The highest BCUT2D eigenvalue weighted by Crippen LogP contribution is 2.34. The third-order valence-electron chi connectivity index (χ3n) is 2.83. The van der Waals surface area contributed by atoms with Gasteiger partial charge in [0.25, 0.3) is 0 Å². The van der Waals surface area contributed by atoms with Crippen molar-refractivity contribution in [2.24, 2.45) is 0 Å². The first-order chi connectivity index (χ1) is 10.4. The first-order valence-corrected chi connectivity index (χ1v) is 6.65. The van der Waals surface area contributed by atoms with Crippen molar-refractivity contribution in [2.75, 3.05) is 5.32 Å². The van der Waals surface area contributed by atoms with Crippen LogP contribution in [0.1, 0.15) is 15.9 Å². The maximum atomic E-state index is 12.8. The molecule has 114 valence electrons. The number of alkyl halides is 3. The molecule has 0 bridgehead atoms. The summed E-state index contributed by atoms with van der Waals surface area (Å²) in [5.41, 5.74) is -0.514. The lowest BCUT2D eigenvalue weighted by Gasteiger charge is -2.11. The summed E-state index contributed by atoms with van der Waals surface area (Å²) in [6, 6.07) is 11.3. The minimum Gasteiger partial charge on any atom is -0.361 e. The molecule has 0 aromatic heterocycles. The number of nitrogens with one attached hydrogen (secondary N) is 1. The number of hydrogen-bond donors (Lipinski definition) is 1. The molecule has 0 saturated heterocycles. The predicted molar refractivity (Wildman–Crippen MR) is 80.0 cm³/mol. The number of halogens is 4. The molecule has 0 unspecified atom stereocenters. The van der Waals surface area contributed by atoms with Gasteiger partial charge in [0.1, 0.15) is 0 Å². The molecule has 2 aromatic rings. The van der Waals surface area contributed by atoms with E-state index in [2.05, 4.69) is 5.32 Å². The lowest BCUT2D eigenvalue weighted by Crippen LogP contribution is -2.08. The Labute approximate surface area is 130 Å². The first kappa shape index (κ1) is 16.1. The number of anilines is 1. The third kappa shape index (κ3) is 4.11. The van der Waals surface area contributed by atoms with E-state index < -0.39 is 11.7 Å². The highest BCUT2D eigenvalue weighted by Gasteiger charge is 2.32. The summed E-state index contributed by atoms with van der Waals surface area (Å²) >= 11 is 5.71. The summed E-state index contributed by atoms with van der Waals surface area (Å²) < 4.78 is 38.4. The van der Waals surface area contributed by atoms with Crippen LogP contribution >= 0.6 is 11.6 Å². The molecule has 0 spiro atoms. The van der Waals surface area contributed by atoms with Crippen LogP contribution in [0.15, 0.2) is 60.8 Å². The molecule has 0 heterocycles. The third-order valence-corrected chi connectivity index (χ3v) is 3.09. The Hall–Kier alpha value is -2.27. The van der Waals surface area contributed by atoms with Crippen molar-refractivity contribution in [3.05, 3.63) is 77.0 Å². The fourth-order valence-electron chi connectivity index (χ4n) is 1.77. The number of hydrogen-bond acceptors (Lipinski definition) is 2. The standard InChI is InChI=1S/C16H11ClF3NO/c17-12-7-5-11(6-8-12)15(22)9-10-21-14-4-2-1-3-13(14)16(18,19)20/h1-10,21H. The molecule has 0 aliphatic heterocycles. The number of carbonyl (C=O) groups is 1. The molecule has 0 radical (unpaired) electrons. The number of ketones is 1. The molecule has 22 heavy (non-hydrogen) atoms. The van der Waals surface area contributed by atoms with Crippen LogP contribution in [0.25, 0.3) is 0 Å². The van der Waals surface area contributed by atoms with Gasteiger partial charge in [0.2, 0.25) is 0 Å². The van der Waals surface area contributed by atoms with Gasteiger partial charge in [0, 0.05) is 22.9 Å². The Kier molecular flexibility index (Phi) is 4.88. The van der Waals surface area contributed by atoms with Gasteiger partial charge >= 0.3 is 6.18 Å². The number of benzene rings is 2. The number of allylic oxidation sites excluding steroid dienone is 1. The SMILES string of the molecule is O=C(C=CNc1ccccc1C(F)(F)F)c1ccc(Cl)cc1. The smallest absolute Gasteiger partial charge is 0.361 e. The molecular weight excluding hydrogens is 315 g/mol. The summed E-state index contributed by atoms with van der Waals surface area (Å²) in [6.07, 6.45) is -2.12. The van der Waals surface area contributed by atoms with Crippen LogP contribution in [0, 0.1) is 0 Å². The van der Waals surface area contributed by atoms with Crippen molar-refractivity contribution in [3.63, 3.8) is 0 Å². The van der Waals surface area contributed by atoms with Crippen molar-refractivity contribution in [1.82, 2.24) is 0 Å². The van der Waals surface area contributed by atoms with E-state index in [1.54, 1.807) is 24.3 Å². The average molecular weight is 326 g/mol. The fraction of sp³-hybridized carbons (Fsp3) is 0.0625. The van der Waals surface area contributed by atoms with Crippen molar-refractivity contribution >= 4 is 23.1 Å². The summed E-state index contributed by atoms with van der Waals surface area (Å²) in [4.78, 5) is 11.8. The molecule has 0 aliphatic rings. The molecule has 0 atom stereocenters. The quantitative estimate of drug-likeness (QED) is 0.621. The Morgan fingerprint density at radius 1 is 1.05 bits per heavy atom. The molecule has 2 nitrogen and oxygen atoms in total. The maximum Gasteiger partial charge on any atom is 0.418 e. The summed E-state index contributed by atoms with van der Waals surface area (Å²) in [7, 11) is 0. The van der Waals surface area contributed by atoms with Crippen LogP contribution in [0.4, 0.5) is 18.9 Å². The highest BCUT2D eigenvalue weighted by molar-refractivity contribution is 6.30. The zero-order chi connectivity index (χ0) is 16.2. The van der Waals surface area contributed by atoms with E-state index in [1.165, 1.54) is 24.4 Å². The van der Waals surface area contributed by atoms with E-state index in [4.69, 9.17) is 11.6 Å². The van der Waals surface area contributed by atoms with E-state index in [-0.39, 0.29) is 11.5 Å². The van der Waals surface area contributed by atoms with Gasteiger partial charge in [-0.3, -0.25) is 4.79 Å². The summed E-state index contributed by atoms with van der Waals surface area (Å²) in [5.74, 6) is -0.339. The molecule has 0 aliphatic carbocycles. The predicted octanol–water partition coefficient (Wildman–Crippen LogP) is 5.17. The zero-order valence-electron chi connectivity index (χ0n) is 11.2. The van der Waals surface area contributed by atoms with Crippen LogP contribution in [-0.2, 0) is 6.18 Å². The average Bonchev–Trinajstić information content (AvgIpc) is 2.47. The second kappa shape index (κ2) is 6.66. The molecule has 2 rings (SSSR count). The molecule has 2 aromatic carbocycles. The zero-order valence-corrected chi connectivity index (χ0v) is 11.9. The Balaban J connectivity index is 2.10. The van der Waals surface area contributed by atoms with E-state index in [0.29, 0.717) is 10.6 Å². The van der Waals surface area contributed by atoms with Gasteiger partial charge in [-0.05, 0) is 36.4 Å². The van der Waals surface area contributed by atoms with Crippen LogP contribution in [0.2, 0.25) is 5.02 Å². The van der Waals surface area contributed by atoms with Gasteiger partial charge < -0.3 is 5.32 Å². The Morgan fingerprint density at radius 3 is 2.32 bits per heavy atom. The van der Waals surface area contributed by atoms with E-state index in [9.17, 15) is 18.0 Å². The normalized spacial score (nSPS) is 11.6. The minimum atomic E-state index is -4.46. The van der Waals surface area contributed by atoms with E-state index >= 15 is 0 Å². The monoisotopic (exact) mass is 325 g/mol. The van der Waals surface area contributed by atoms with Crippen molar-refractivity contribution in [1.29, 1.82) is 0 Å². The van der Waals surface area contributed by atoms with Crippen LogP contribution < -0.4 is 5.32 Å². The summed E-state index contributed by atoms with van der Waals surface area (Å²) in [5, 5.41) is 2.98. The van der Waals surface area contributed by atoms with E-state index in [0.717, 1.165) is 12.1 Å². The lowest BCUT2D eigenvalue weighted by molar-refractivity contribution is -0.136. The van der Waals surface area contributed by atoms with Crippen LogP contribution in [0.3, 0.4) is 0 Å². The highest BCUT2D eigenvalue weighted by atomic mass is 35.5. The van der Waals surface area contributed by atoms with Gasteiger partial charge in [0.05, 0.1) is 11.3 Å². The van der Waals surface area contributed by atoms with Crippen molar-refractivity contribution in [3.8, 4) is 0 Å². The molecular formula is C16H11ClF3NO. The molecule has 6 heteroatoms. The minimum absolute atomic E-state index is 0.116. The Bertz CT molecular complexity index is 693. The van der Waals surface area contributed by atoms with Gasteiger partial charge in [-0.15, -0.1) is 0 Å². The topological polar surface area (TPSA) is 29.1 Å². The van der Waals surface area contributed by atoms with Gasteiger partial charge in [-0.25, -0.2) is 0 Å². The van der Waals surface area contributed by atoms with Crippen molar-refractivity contribution < 1.29 is 18.0 Å². The van der Waals surface area contributed by atoms with Crippen LogP contribution in [-0.4, -0.2) is 5.78 Å². The number of para-hydroxylation sites is 1. The number of carbonyl (C=O) groups excluding carboxylic acids is 1. The largest absolute Gasteiger partial charge is 0.418 e. The van der Waals surface area contributed by atoms with Crippen LogP contribution in [0.5, 0.6) is 0 Å². The van der Waals surface area contributed by atoms with Crippen molar-refractivity contribution in [2.45, 2.75) is 6.18 Å². The first-order valence-electron chi connectivity index (χ1n) is 6.27. The summed E-state index contributed by atoms with van der Waals surface area (Å²) in [6.45, 7) is 0. The second-order valence-corrected chi connectivity index (χ2v) is 4.83. The van der Waals surface area contributed by atoms with E-state index in [1.807, 2.05) is 0 Å². The maximum absolute atomic E-state index is 12.8. The molecule has 0 amide bonds. The fourth-order valence-corrected chi connectivity index (χ4v) is 1.90. The second-order valence-electron chi connectivity index (χ2n) is 4.39. The lowest BCUT2D eigenvalue weighted by atomic mass is 10.1.